The van der Waals surface area contributed by atoms with Gasteiger partial charge in [0, 0.05) is 24.6 Å². The van der Waals surface area contributed by atoms with E-state index in [4.69, 9.17) is 5.73 Å². The van der Waals surface area contributed by atoms with Gasteiger partial charge in [0.05, 0.1) is 5.69 Å². The van der Waals surface area contributed by atoms with Crippen molar-refractivity contribution in [3.63, 3.8) is 0 Å². The maximum atomic E-state index is 12.0. The van der Waals surface area contributed by atoms with Crippen molar-refractivity contribution in [1.29, 1.82) is 0 Å². The van der Waals surface area contributed by atoms with E-state index in [1.807, 2.05) is 0 Å². The number of hydrogen-bond acceptors (Lipinski definition) is 4. The van der Waals surface area contributed by atoms with Gasteiger partial charge in [0.2, 0.25) is 0 Å². The highest BCUT2D eigenvalue weighted by molar-refractivity contribution is 5.35. The molecule has 5 nitrogen and oxygen atoms in total. The predicted molar refractivity (Wildman–Crippen MR) is 122 cm³/mol. The van der Waals surface area contributed by atoms with E-state index in [0.29, 0.717) is 6.04 Å². The molecule has 2 aromatic rings. The molecule has 3 aliphatic rings. The van der Waals surface area contributed by atoms with Crippen LogP contribution in [0.1, 0.15) is 73.4 Å². The van der Waals surface area contributed by atoms with Crippen LogP contribution in [0.25, 0.3) is 0 Å². The van der Waals surface area contributed by atoms with Gasteiger partial charge < -0.3 is 5.73 Å². The summed E-state index contributed by atoms with van der Waals surface area (Å²) in [6.45, 7) is 5.81. The van der Waals surface area contributed by atoms with Crippen LogP contribution in [0.15, 0.2) is 29.1 Å². The maximum Gasteiger partial charge on any atom is 0.267 e. The van der Waals surface area contributed by atoms with Crippen LogP contribution in [0.2, 0.25) is 0 Å². The minimum atomic E-state index is 0.0107. The number of aromatic nitrogens is 2. The predicted octanol–water partition coefficient (Wildman–Crippen LogP) is 3.58. The summed E-state index contributed by atoms with van der Waals surface area (Å²) in [6.07, 6.45) is 10.1. The second kappa shape index (κ2) is 9.88. The molecule has 162 valence electrons. The van der Waals surface area contributed by atoms with Crippen LogP contribution >= 0.6 is 0 Å². The van der Waals surface area contributed by atoms with Crippen LogP contribution in [0.4, 0.5) is 0 Å². The van der Waals surface area contributed by atoms with Gasteiger partial charge in [0.15, 0.2) is 0 Å². The van der Waals surface area contributed by atoms with E-state index in [-0.39, 0.29) is 5.56 Å². The van der Waals surface area contributed by atoms with Crippen LogP contribution in [0, 0.1) is 5.92 Å². The first-order valence-electron chi connectivity index (χ1n) is 11.7. The van der Waals surface area contributed by atoms with E-state index in [2.05, 4.69) is 46.3 Å². The smallest absolute Gasteiger partial charge is 0.267 e. The van der Waals surface area contributed by atoms with Crippen molar-refractivity contribution in [3.05, 3.63) is 62.6 Å². The van der Waals surface area contributed by atoms with E-state index in [1.165, 1.54) is 61.9 Å². The Kier molecular flexibility index (Phi) is 7.00. The largest absolute Gasteiger partial charge is 0.328 e. The van der Waals surface area contributed by atoms with Gasteiger partial charge in [-0.25, -0.2) is 5.10 Å². The number of benzene rings is 1. The summed E-state index contributed by atoms with van der Waals surface area (Å²) in [4.78, 5) is 14.6. The van der Waals surface area contributed by atoms with Gasteiger partial charge >= 0.3 is 0 Å². The number of likely N-dealkylation sites (tertiary alicyclic amines) is 1. The molecule has 1 saturated heterocycles. The number of piperidine rings is 1. The first-order valence-corrected chi connectivity index (χ1v) is 11.7. The minimum absolute atomic E-state index is 0.0107. The molecule has 1 aromatic heterocycles. The average Bonchev–Trinajstić information content (AvgIpc) is 3.55. The molecule has 1 aromatic carbocycles. The van der Waals surface area contributed by atoms with Gasteiger partial charge in [-0.2, -0.15) is 5.10 Å². The van der Waals surface area contributed by atoms with Gasteiger partial charge in [-0.05, 0) is 87.1 Å². The van der Waals surface area contributed by atoms with E-state index in [1.54, 1.807) is 0 Å². The van der Waals surface area contributed by atoms with Gasteiger partial charge in [-0.1, -0.05) is 31.2 Å². The molecule has 1 saturated carbocycles. The van der Waals surface area contributed by atoms with Gasteiger partial charge in [0.1, 0.15) is 0 Å². The molecule has 0 atom stereocenters. The first-order chi connectivity index (χ1) is 14.6. The third-order valence-corrected chi connectivity index (χ3v) is 6.65. The SMILES string of the molecule is CC1CCN(Cc2cccc(Cc3n[nH]c(=O)c4c3CCCC4)c2)CC1.NC1CC1. The lowest BCUT2D eigenvalue weighted by atomic mass is 9.90. The fourth-order valence-electron chi connectivity index (χ4n) is 4.48. The fourth-order valence-corrected chi connectivity index (χ4v) is 4.48. The van der Waals surface area contributed by atoms with Crippen molar-refractivity contribution < 1.29 is 0 Å². The Bertz CT molecular complexity index is 894. The highest BCUT2D eigenvalue weighted by Gasteiger charge is 2.19. The molecule has 0 spiro atoms. The molecule has 30 heavy (non-hydrogen) atoms. The van der Waals surface area contributed by atoms with Crippen LogP contribution in [-0.4, -0.2) is 34.2 Å². The molecule has 2 heterocycles. The van der Waals surface area contributed by atoms with E-state index >= 15 is 0 Å². The monoisotopic (exact) mass is 408 g/mol. The zero-order valence-corrected chi connectivity index (χ0v) is 18.3. The van der Waals surface area contributed by atoms with Crippen molar-refractivity contribution in [2.75, 3.05) is 13.1 Å². The van der Waals surface area contributed by atoms with E-state index < -0.39 is 0 Å². The standard InChI is InChI=1S/C22H29N3O.C3H7N/c1-16-9-11-25(12-10-16)15-18-6-4-5-17(13-18)14-21-19-7-2-3-8-20(19)22(26)24-23-21;4-3-1-2-3/h4-6,13,16H,2-3,7-12,14-15H2,1H3,(H,24,26);3H,1-2,4H2. The molecule has 2 aliphatic carbocycles. The number of aromatic amines is 1. The number of rotatable bonds is 4. The Morgan fingerprint density at radius 2 is 1.73 bits per heavy atom. The Hall–Kier alpha value is -1.98. The molecule has 0 amide bonds. The van der Waals surface area contributed by atoms with Crippen LogP contribution < -0.4 is 11.3 Å². The maximum absolute atomic E-state index is 12.0. The number of hydrogen-bond donors (Lipinski definition) is 2. The lowest BCUT2D eigenvalue weighted by Gasteiger charge is -2.30. The minimum Gasteiger partial charge on any atom is -0.328 e. The van der Waals surface area contributed by atoms with Crippen LogP contribution in [-0.2, 0) is 25.8 Å². The summed E-state index contributed by atoms with van der Waals surface area (Å²) in [7, 11) is 0. The summed E-state index contributed by atoms with van der Waals surface area (Å²) in [6, 6.07) is 9.48. The van der Waals surface area contributed by atoms with Gasteiger partial charge in [0.25, 0.3) is 5.56 Å². The number of nitrogens with one attached hydrogen (secondary N) is 1. The molecule has 0 radical (unpaired) electrons. The molecule has 2 fully saturated rings. The van der Waals surface area contributed by atoms with Crippen molar-refractivity contribution >= 4 is 0 Å². The van der Waals surface area contributed by atoms with Crippen LogP contribution in [0.3, 0.4) is 0 Å². The summed E-state index contributed by atoms with van der Waals surface area (Å²) >= 11 is 0. The molecule has 0 unspecified atom stereocenters. The summed E-state index contributed by atoms with van der Waals surface area (Å²) in [5.74, 6) is 0.870. The Morgan fingerprint density at radius 3 is 2.43 bits per heavy atom. The fraction of sp³-hybridized carbons (Fsp3) is 0.600. The lowest BCUT2D eigenvalue weighted by Crippen LogP contribution is -2.32. The topological polar surface area (TPSA) is 75.0 Å². The van der Waals surface area contributed by atoms with Crippen molar-refractivity contribution in [1.82, 2.24) is 15.1 Å². The zero-order valence-electron chi connectivity index (χ0n) is 18.3. The molecule has 5 heteroatoms. The molecule has 1 aliphatic heterocycles. The second-order valence-electron chi connectivity index (χ2n) is 9.46. The Morgan fingerprint density at radius 1 is 1.07 bits per heavy atom. The average molecular weight is 409 g/mol. The van der Waals surface area contributed by atoms with Crippen molar-refractivity contribution in [2.24, 2.45) is 11.7 Å². The zero-order chi connectivity index (χ0) is 20.9. The van der Waals surface area contributed by atoms with Crippen molar-refractivity contribution in [3.8, 4) is 0 Å². The Balaban J connectivity index is 0.000000489. The van der Waals surface area contributed by atoms with Crippen LogP contribution in [0.5, 0.6) is 0 Å². The normalized spacial score (nSPS) is 19.7. The molecular weight excluding hydrogens is 372 g/mol. The third-order valence-electron chi connectivity index (χ3n) is 6.65. The number of H-pyrrole nitrogens is 1. The number of nitrogens with two attached hydrogens (primary N) is 1. The molecule has 3 N–H and O–H groups in total. The summed E-state index contributed by atoms with van der Waals surface area (Å²) in [5.41, 5.74) is 11.1. The number of nitrogens with zero attached hydrogens (tertiary/aromatic N) is 2. The lowest BCUT2D eigenvalue weighted by molar-refractivity contribution is 0.185. The molecular formula is C25H36N4O. The summed E-state index contributed by atoms with van der Waals surface area (Å²) < 4.78 is 0. The first kappa shape index (κ1) is 21.3. The molecule has 0 bridgehead atoms. The second-order valence-corrected chi connectivity index (χ2v) is 9.46. The third kappa shape index (κ3) is 5.79. The van der Waals surface area contributed by atoms with E-state index in [9.17, 15) is 4.79 Å². The van der Waals surface area contributed by atoms with Gasteiger partial charge in [-0.15, -0.1) is 0 Å². The van der Waals surface area contributed by atoms with Crippen molar-refractivity contribution in [2.45, 2.75) is 77.3 Å². The quantitative estimate of drug-likeness (QED) is 0.811. The number of fused-ring (bicyclic) bond motifs is 1. The highest BCUT2D eigenvalue weighted by Crippen LogP contribution is 2.23. The summed E-state index contributed by atoms with van der Waals surface area (Å²) in [5, 5.41) is 7.11. The Labute approximate surface area is 180 Å². The van der Waals surface area contributed by atoms with Gasteiger partial charge in [-0.3, -0.25) is 9.69 Å². The van der Waals surface area contributed by atoms with E-state index in [0.717, 1.165) is 49.4 Å². The highest BCUT2D eigenvalue weighted by atomic mass is 16.1. The molecule has 5 rings (SSSR count).